The second-order valence-corrected chi connectivity index (χ2v) is 5.09. The lowest BCUT2D eigenvalue weighted by Crippen LogP contribution is -2.64. The van der Waals surface area contributed by atoms with Crippen molar-refractivity contribution in [3.05, 3.63) is 0 Å². The van der Waals surface area contributed by atoms with Gasteiger partial charge < -0.3 is 24.1 Å². The Labute approximate surface area is 134 Å². The summed E-state index contributed by atoms with van der Waals surface area (Å²) in [5.41, 5.74) is 0. The van der Waals surface area contributed by atoms with Crippen LogP contribution in [0.3, 0.4) is 0 Å². The fourth-order valence-corrected chi connectivity index (χ4v) is 2.29. The number of hydrogen-bond donors (Lipinski definition) is 2. The molecule has 1 saturated heterocycles. The maximum Gasteiger partial charge on any atom is 0.303 e. The Kier molecular flexibility index (Phi) is 7.40. The van der Waals surface area contributed by atoms with Crippen molar-refractivity contribution in [2.24, 2.45) is 0 Å². The van der Waals surface area contributed by atoms with Gasteiger partial charge in [0.15, 0.2) is 12.2 Å². The van der Waals surface area contributed by atoms with E-state index in [-0.39, 0.29) is 6.61 Å². The Morgan fingerprint density at radius 2 is 1.61 bits per heavy atom. The van der Waals surface area contributed by atoms with Gasteiger partial charge in [0.1, 0.15) is 25.0 Å². The van der Waals surface area contributed by atoms with Gasteiger partial charge in [0, 0.05) is 20.8 Å². The zero-order valence-corrected chi connectivity index (χ0v) is 13.6. The molecule has 1 aliphatic rings. The molecular formula is C14H23NO8. The van der Waals surface area contributed by atoms with Gasteiger partial charge in [0.05, 0.1) is 0 Å². The van der Waals surface area contributed by atoms with Gasteiger partial charge >= 0.3 is 17.9 Å². The lowest BCUT2D eigenvalue weighted by molar-refractivity contribution is -0.251. The second kappa shape index (κ2) is 8.80. The highest BCUT2D eigenvalue weighted by Gasteiger charge is 2.49. The number of carbonyl (C=O) groups is 3. The quantitative estimate of drug-likeness (QED) is 0.471. The Morgan fingerprint density at radius 3 is 2.09 bits per heavy atom. The predicted octanol–water partition coefficient (Wildman–Crippen LogP) is -0.892. The van der Waals surface area contributed by atoms with Crippen LogP contribution in [0.15, 0.2) is 0 Å². The van der Waals surface area contributed by atoms with Crippen LogP contribution < -0.4 is 5.32 Å². The molecule has 1 heterocycles. The van der Waals surface area contributed by atoms with Gasteiger partial charge in [0.25, 0.3) is 0 Å². The first-order valence-electron chi connectivity index (χ1n) is 7.31. The minimum atomic E-state index is -1.33. The average molecular weight is 333 g/mol. The molecule has 2 N–H and O–H groups in total. The number of carbonyl (C=O) groups excluding carboxylic acids is 3. The number of esters is 3. The van der Waals surface area contributed by atoms with Gasteiger partial charge in [-0.2, -0.15) is 0 Å². The van der Waals surface area contributed by atoms with E-state index in [1.807, 2.05) is 0 Å². The zero-order chi connectivity index (χ0) is 17.6. The van der Waals surface area contributed by atoms with Crippen LogP contribution in [0.5, 0.6) is 0 Å². The van der Waals surface area contributed by atoms with Gasteiger partial charge in [-0.25, -0.2) is 0 Å². The molecule has 1 rings (SSSR count). The van der Waals surface area contributed by atoms with Crippen LogP contribution in [0.4, 0.5) is 0 Å². The van der Waals surface area contributed by atoms with Gasteiger partial charge in [-0.05, 0) is 6.54 Å². The standard InChI is InChI=1S/C14H23NO8/c1-5-15-14-13(22-9(4)18)11(19)12(21-8(3)17)10(23-14)6-20-7(2)16/h10-15,19H,5-6H2,1-4H3. The van der Waals surface area contributed by atoms with Crippen molar-refractivity contribution in [2.45, 2.75) is 58.3 Å². The number of ether oxygens (including phenoxy) is 4. The summed E-state index contributed by atoms with van der Waals surface area (Å²) in [4.78, 5) is 33.5. The number of likely N-dealkylation sites (N-methyl/N-ethyl adjacent to an activating group) is 1. The Bertz CT molecular complexity index is 438. The molecule has 1 aliphatic heterocycles. The van der Waals surface area contributed by atoms with Crippen molar-refractivity contribution in [1.82, 2.24) is 5.32 Å². The van der Waals surface area contributed by atoms with Crippen molar-refractivity contribution in [2.75, 3.05) is 13.2 Å². The summed E-state index contributed by atoms with van der Waals surface area (Å²) in [5, 5.41) is 13.4. The van der Waals surface area contributed by atoms with Crippen LogP contribution in [0.25, 0.3) is 0 Å². The van der Waals surface area contributed by atoms with Crippen LogP contribution in [-0.2, 0) is 33.3 Å². The highest BCUT2D eigenvalue weighted by Crippen LogP contribution is 2.25. The average Bonchev–Trinajstić information content (AvgIpc) is 2.43. The fourth-order valence-electron chi connectivity index (χ4n) is 2.29. The first kappa shape index (κ1) is 19.3. The van der Waals surface area contributed by atoms with E-state index in [0.717, 1.165) is 0 Å². The van der Waals surface area contributed by atoms with Crippen molar-refractivity contribution in [1.29, 1.82) is 0 Å². The molecule has 1 fully saturated rings. The minimum absolute atomic E-state index is 0.209. The topological polar surface area (TPSA) is 120 Å². The number of aliphatic hydroxyl groups is 1. The lowest BCUT2D eigenvalue weighted by atomic mass is 9.97. The normalized spacial score (nSPS) is 30.4. The van der Waals surface area contributed by atoms with Gasteiger partial charge in [-0.3, -0.25) is 19.7 Å². The fraction of sp³-hybridized carbons (Fsp3) is 0.786. The van der Waals surface area contributed by atoms with Crippen LogP contribution in [-0.4, -0.2) is 66.8 Å². The number of nitrogens with one attached hydrogen (secondary N) is 1. The van der Waals surface area contributed by atoms with Crippen LogP contribution >= 0.6 is 0 Å². The third-order valence-electron chi connectivity index (χ3n) is 3.12. The summed E-state index contributed by atoms with van der Waals surface area (Å²) in [6, 6.07) is 0. The summed E-state index contributed by atoms with van der Waals surface area (Å²) in [6.07, 6.45) is -5.25. The molecule has 0 radical (unpaired) electrons. The SMILES string of the molecule is CCNC1OC(COC(C)=O)C(OC(C)=O)C(O)C1OC(C)=O. The van der Waals surface area contributed by atoms with E-state index in [2.05, 4.69) is 5.32 Å². The Morgan fingerprint density at radius 1 is 1.04 bits per heavy atom. The molecule has 132 valence electrons. The predicted molar refractivity (Wildman–Crippen MR) is 76.1 cm³/mol. The smallest absolute Gasteiger partial charge is 0.303 e. The molecule has 9 nitrogen and oxygen atoms in total. The molecule has 0 aliphatic carbocycles. The minimum Gasteiger partial charge on any atom is -0.463 e. The molecule has 0 amide bonds. The van der Waals surface area contributed by atoms with E-state index in [0.29, 0.717) is 6.54 Å². The third kappa shape index (κ3) is 5.77. The molecule has 0 saturated carbocycles. The van der Waals surface area contributed by atoms with Gasteiger partial charge in [0.2, 0.25) is 0 Å². The maximum atomic E-state index is 11.3. The molecule has 0 aromatic heterocycles. The molecule has 5 unspecified atom stereocenters. The highest BCUT2D eigenvalue weighted by atomic mass is 16.6. The van der Waals surface area contributed by atoms with Crippen molar-refractivity contribution in [3.8, 4) is 0 Å². The highest BCUT2D eigenvalue weighted by molar-refractivity contribution is 5.67. The van der Waals surface area contributed by atoms with Crippen molar-refractivity contribution < 1.29 is 38.4 Å². The van der Waals surface area contributed by atoms with Crippen molar-refractivity contribution in [3.63, 3.8) is 0 Å². The summed E-state index contributed by atoms with van der Waals surface area (Å²) in [7, 11) is 0. The van der Waals surface area contributed by atoms with Crippen molar-refractivity contribution >= 4 is 17.9 Å². The summed E-state index contributed by atoms with van der Waals surface area (Å²) >= 11 is 0. The van der Waals surface area contributed by atoms with E-state index in [1.54, 1.807) is 6.92 Å². The Balaban J connectivity index is 2.97. The maximum absolute atomic E-state index is 11.3. The summed E-state index contributed by atoms with van der Waals surface area (Å²) in [5.74, 6) is -1.79. The zero-order valence-electron chi connectivity index (χ0n) is 13.6. The first-order chi connectivity index (χ1) is 10.8. The molecule has 0 aromatic rings. The molecule has 23 heavy (non-hydrogen) atoms. The number of aliphatic hydroxyl groups excluding tert-OH is 1. The molecule has 5 atom stereocenters. The van der Waals surface area contributed by atoms with Gasteiger partial charge in [-0.1, -0.05) is 6.92 Å². The molecule has 9 heteroatoms. The lowest BCUT2D eigenvalue weighted by Gasteiger charge is -2.43. The summed E-state index contributed by atoms with van der Waals surface area (Å²) in [6.45, 7) is 5.67. The molecule has 0 bridgehead atoms. The van der Waals surface area contributed by atoms with E-state index >= 15 is 0 Å². The first-order valence-corrected chi connectivity index (χ1v) is 7.31. The third-order valence-corrected chi connectivity index (χ3v) is 3.12. The number of rotatable bonds is 6. The van der Waals surface area contributed by atoms with Crippen LogP contribution in [0.2, 0.25) is 0 Å². The van der Waals surface area contributed by atoms with E-state index < -0.39 is 48.6 Å². The van der Waals surface area contributed by atoms with E-state index in [9.17, 15) is 19.5 Å². The number of hydrogen-bond acceptors (Lipinski definition) is 9. The molecular weight excluding hydrogens is 310 g/mol. The Hall–Kier alpha value is -1.71. The second-order valence-electron chi connectivity index (χ2n) is 5.09. The molecule has 0 aromatic carbocycles. The van der Waals surface area contributed by atoms with Crippen LogP contribution in [0, 0.1) is 0 Å². The largest absolute Gasteiger partial charge is 0.463 e. The van der Waals surface area contributed by atoms with Gasteiger partial charge in [-0.15, -0.1) is 0 Å². The molecule has 0 spiro atoms. The van der Waals surface area contributed by atoms with E-state index in [4.69, 9.17) is 18.9 Å². The van der Waals surface area contributed by atoms with Crippen LogP contribution in [0.1, 0.15) is 27.7 Å². The van der Waals surface area contributed by atoms with E-state index in [1.165, 1.54) is 20.8 Å². The summed E-state index contributed by atoms with van der Waals surface area (Å²) < 4.78 is 20.7. The monoisotopic (exact) mass is 333 g/mol.